The predicted molar refractivity (Wildman–Crippen MR) is 87.2 cm³/mol. The summed E-state index contributed by atoms with van der Waals surface area (Å²) in [5.41, 5.74) is 3.12. The molecule has 0 unspecified atom stereocenters. The first kappa shape index (κ1) is 15.4. The fraction of sp³-hybridized carbons (Fsp3) is 0.0667. The maximum Gasteiger partial charge on any atom is 0.271 e. The van der Waals surface area contributed by atoms with Crippen LogP contribution in [-0.4, -0.2) is 19.2 Å². The van der Waals surface area contributed by atoms with Gasteiger partial charge < -0.3 is 4.74 Å². The third kappa shape index (κ3) is 4.01. The molecule has 1 N–H and O–H groups in total. The number of rotatable bonds is 4. The Kier molecular flexibility index (Phi) is 5.26. The zero-order valence-electron chi connectivity index (χ0n) is 11.1. The van der Waals surface area contributed by atoms with E-state index < -0.39 is 5.82 Å². The van der Waals surface area contributed by atoms with Crippen LogP contribution in [0.25, 0.3) is 0 Å². The number of benzene rings is 2. The second-order valence-electron chi connectivity index (χ2n) is 4.07. The lowest BCUT2D eigenvalue weighted by atomic mass is 10.2. The van der Waals surface area contributed by atoms with Crippen LogP contribution < -0.4 is 10.2 Å². The molecular formula is C15H12FIN2O2. The van der Waals surface area contributed by atoms with Gasteiger partial charge in [0.1, 0.15) is 11.6 Å². The van der Waals surface area contributed by atoms with Gasteiger partial charge in [0.2, 0.25) is 0 Å². The number of nitrogens with one attached hydrogen (secondary N) is 1. The van der Waals surface area contributed by atoms with Gasteiger partial charge in [0.05, 0.1) is 16.9 Å². The Bertz CT molecular complexity index is 689. The van der Waals surface area contributed by atoms with Gasteiger partial charge in [-0.05, 0) is 46.9 Å². The zero-order chi connectivity index (χ0) is 15.2. The lowest BCUT2D eigenvalue weighted by Gasteiger charge is -2.05. The van der Waals surface area contributed by atoms with E-state index in [0.29, 0.717) is 16.9 Å². The van der Waals surface area contributed by atoms with Crippen molar-refractivity contribution in [2.45, 2.75) is 0 Å². The maximum absolute atomic E-state index is 13.4. The number of carbonyl (C=O) groups excluding carboxylic acids is 1. The van der Waals surface area contributed by atoms with E-state index in [1.54, 1.807) is 43.5 Å². The summed E-state index contributed by atoms with van der Waals surface area (Å²) < 4.78 is 19.3. The molecule has 2 aromatic carbocycles. The van der Waals surface area contributed by atoms with Gasteiger partial charge in [0.15, 0.2) is 0 Å². The highest BCUT2D eigenvalue weighted by atomic mass is 127. The average Bonchev–Trinajstić information content (AvgIpc) is 2.49. The lowest BCUT2D eigenvalue weighted by molar-refractivity contribution is 0.0955. The first-order valence-corrected chi connectivity index (χ1v) is 7.11. The molecule has 1 amide bonds. The van der Waals surface area contributed by atoms with Crippen molar-refractivity contribution >= 4 is 34.7 Å². The monoisotopic (exact) mass is 398 g/mol. The van der Waals surface area contributed by atoms with E-state index in [9.17, 15) is 9.18 Å². The Morgan fingerprint density at radius 2 is 2.10 bits per heavy atom. The molecule has 0 aliphatic rings. The molecule has 2 rings (SSSR count). The first-order chi connectivity index (χ1) is 10.1. The van der Waals surface area contributed by atoms with Crippen molar-refractivity contribution in [2.75, 3.05) is 7.11 Å². The normalized spacial score (nSPS) is 10.6. The molecule has 0 fully saturated rings. The van der Waals surface area contributed by atoms with E-state index in [-0.39, 0.29) is 5.91 Å². The Balaban J connectivity index is 2.05. The standard InChI is InChI=1S/C15H12FIN2O2/c1-21-14-7-6-10(8-13(14)17)15(20)19-18-9-11-4-2-3-5-12(11)16/h2-9H,1H3,(H,19,20). The van der Waals surface area contributed by atoms with E-state index in [2.05, 4.69) is 33.1 Å². The van der Waals surface area contributed by atoms with Crippen LogP contribution in [0.2, 0.25) is 0 Å². The van der Waals surface area contributed by atoms with Gasteiger partial charge in [-0.2, -0.15) is 5.10 Å². The molecule has 108 valence electrons. The molecule has 0 aliphatic carbocycles. The number of hydrogen-bond donors (Lipinski definition) is 1. The molecule has 2 aromatic rings. The number of hydrogen-bond acceptors (Lipinski definition) is 3. The second-order valence-corrected chi connectivity index (χ2v) is 5.23. The molecule has 21 heavy (non-hydrogen) atoms. The van der Waals surface area contributed by atoms with Crippen LogP contribution in [0.15, 0.2) is 47.6 Å². The first-order valence-electron chi connectivity index (χ1n) is 6.03. The Morgan fingerprint density at radius 1 is 1.33 bits per heavy atom. The minimum Gasteiger partial charge on any atom is -0.496 e. The lowest BCUT2D eigenvalue weighted by Crippen LogP contribution is -2.17. The molecule has 6 heteroatoms. The highest BCUT2D eigenvalue weighted by Crippen LogP contribution is 2.21. The summed E-state index contributed by atoms with van der Waals surface area (Å²) in [6.07, 6.45) is 1.27. The van der Waals surface area contributed by atoms with Crippen LogP contribution in [0.1, 0.15) is 15.9 Å². The molecule has 4 nitrogen and oxygen atoms in total. The van der Waals surface area contributed by atoms with Gasteiger partial charge in [-0.15, -0.1) is 0 Å². The van der Waals surface area contributed by atoms with E-state index in [1.807, 2.05) is 0 Å². The summed E-state index contributed by atoms with van der Waals surface area (Å²) in [5, 5.41) is 3.75. The third-order valence-electron chi connectivity index (χ3n) is 2.69. The molecular weight excluding hydrogens is 386 g/mol. The molecule has 0 bridgehead atoms. The summed E-state index contributed by atoms with van der Waals surface area (Å²) >= 11 is 2.08. The molecule has 0 saturated heterocycles. The molecule has 0 aromatic heterocycles. The summed E-state index contributed by atoms with van der Waals surface area (Å²) in [7, 11) is 1.57. The van der Waals surface area contributed by atoms with Gasteiger partial charge in [-0.25, -0.2) is 9.82 Å². The van der Waals surface area contributed by atoms with Gasteiger partial charge >= 0.3 is 0 Å². The second kappa shape index (κ2) is 7.16. The summed E-state index contributed by atoms with van der Waals surface area (Å²) in [5.74, 6) is -0.0698. The van der Waals surface area contributed by atoms with E-state index >= 15 is 0 Å². The number of halogens is 2. The molecule has 0 aliphatic heterocycles. The minimum absolute atomic E-state index is 0.308. The minimum atomic E-state index is -0.394. The zero-order valence-corrected chi connectivity index (χ0v) is 13.3. The smallest absolute Gasteiger partial charge is 0.271 e. The van der Waals surface area contributed by atoms with Gasteiger partial charge in [0, 0.05) is 11.1 Å². The Labute approximate surface area is 135 Å². The van der Waals surface area contributed by atoms with Crippen molar-refractivity contribution in [1.82, 2.24) is 5.43 Å². The molecule has 0 spiro atoms. The Hall–Kier alpha value is -1.96. The molecule has 0 saturated carbocycles. The van der Waals surface area contributed by atoms with Gasteiger partial charge in [-0.3, -0.25) is 4.79 Å². The Morgan fingerprint density at radius 3 is 2.76 bits per heavy atom. The van der Waals surface area contributed by atoms with Crippen LogP contribution in [0, 0.1) is 9.39 Å². The van der Waals surface area contributed by atoms with Crippen molar-refractivity contribution in [2.24, 2.45) is 5.10 Å². The number of methoxy groups -OCH3 is 1. The van der Waals surface area contributed by atoms with Crippen molar-refractivity contribution < 1.29 is 13.9 Å². The molecule has 0 atom stereocenters. The SMILES string of the molecule is COc1ccc(C(=O)NN=Cc2ccccc2F)cc1I. The number of amides is 1. The third-order valence-corrected chi connectivity index (χ3v) is 3.53. The van der Waals surface area contributed by atoms with Gasteiger partial charge in [0.25, 0.3) is 5.91 Å². The van der Waals surface area contributed by atoms with Crippen molar-refractivity contribution in [3.05, 3.63) is 63.0 Å². The number of ether oxygens (including phenoxy) is 1. The van der Waals surface area contributed by atoms with E-state index in [4.69, 9.17) is 4.74 Å². The maximum atomic E-state index is 13.4. The molecule has 0 heterocycles. The van der Waals surface area contributed by atoms with Crippen molar-refractivity contribution in [3.8, 4) is 5.75 Å². The quantitative estimate of drug-likeness (QED) is 0.489. The van der Waals surface area contributed by atoms with Gasteiger partial charge in [-0.1, -0.05) is 18.2 Å². The topological polar surface area (TPSA) is 50.7 Å². The number of carbonyl (C=O) groups is 1. The fourth-order valence-corrected chi connectivity index (χ4v) is 2.35. The molecule has 0 radical (unpaired) electrons. The summed E-state index contributed by atoms with van der Waals surface area (Å²) in [6, 6.07) is 11.2. The predicted octanol–water partition coefficient (Wildman–Crippen LogP) is 3.20. The van der Waals surface area contributed by atoms with Crippen LogP contribution in [0.5, 0.6) is 5.75 Å². The highest BCUT2D eigenvalue weighted by molar-refractivity contribution is 14.1. The average molecular weight is 398 g/mol. The van der Waals surface area contributed by atoms with E-state index in [0.717, 1.165) is 3.57 Å². The van der Waals surface area contributed by atoms with Crippen LogP contribution in [-0.2, 0) is 0 Å². The largest absolute Gasteiger partial charge is 0.496 e. The highest BCUT2D eigenvalue weighted by Gasteiger charge is 2.07. The van der Waals surface area contributed by atoms with Crippen LogP contribution in [0.3, 0.4) is 0 Å². The fourth-order valence-electron chi connectivity index (χ4n) is 1.61. The van der Waals surface area contributed by atoms with Crippen LogP contribution >= 0.6 is 22.6 Å². The summed E-state index contributed by atoms with van der Waals surface area (Å²) in [4.78, 5) is 11.9. The van der Waals surface area contributed by atoms with E-state index in [1.165, 1.54) is 12.3 Å². The van der Waals surface area contributed by atoms with Crippen LogP contribution in [0.4, 0.5) is 4.39 Å². The number of nitrogens with zero attached hydrogens (tertiary/aromatic N) is 1. The number of hydrazone groups is 1. The van der Waals surface area contributed by atoms with Crippen molar-refractivity contribution in [1.29, 1.82) is 0 Å². The van der Waals surface area contributed by atoms with Crippen molar-refractivity contribution in [3.63, 3.8) is 0 Å². The summed E-state index contributed by atoms with van der Waals surface area (Å²) in [6.45, 7) is 0.